The molecule has 2 aromatic rings. The van der Waals surface area contributed by atoms with Crippen LogP contribution in [-0.2, 0) is 0 Å². The first-order chi connectivity index (χ1) is 13.2. The van der Waals surface area contributed by atoms with Gasteiger partial charge in [-0.15, -0.1) is 0 Å². The molecule has 142 valence electrons. The van der Waals surface area contributed by atoms with E-state index in [1.807, 2.05) is 23.1 Å². The summed E-state index contributed by atoms with van der Waals surface area (Å²) in [4.78, 5) is 35.0. The van der Waals surface area contributed by atoms with Crippen molar-refractivity contribution in [2.75, 3.05) is 45.8 Å². The van der Waals surface area contributed by atoms with Gasteiger partial charge in [-0.1, -0.05) is 18.2 Å². The molecule has 4 saturated heterocycles. The van der Waals surface area contributed by atoms with Crippen LogP contribution in [0.4, 0.5) is 0 Å². The number of carbonyl (C=O) groups excluding carboxylic acids is 1. The maximum Gasteiger partial charge on any atom is 0.256 e. The Morgan fingerprint density at radius 3 is 2.33 bits per heavy atom. The summed E-state index contributed by atoms with van der Waals surface area (Å²) >= 11 is 0. The molecule has 4 aliphatic heterocycles. The van der Waals surface area contributed by atoms with Gasteiger partial charge in [0.15, 0.2) is 0 Å². The number of aromatic nitrogens is 1. The molecule has 6 rings (SSSR count). The number of piperidine rings is 3. The number of rotatable bonds is 2. The number of benzene rings is 1. The molecule has 2 bridgehead atoms. The molecule has 1 atom stereocenters. The van der Waals surface area contributed by atoms with E-state index in [1.165, 1.54) is 32.5 Å². The summed E-state index contributed by atoms with van der Waals surface area (Å²) in [6, 6.07) is 8.01. The highest BCUT2D eigenvalue weighted by atomic mass is 16.2. The van der Waals surface area contributed by atoms with Gasteiger partial charge in [0, 0.05) is 55.7 Å². The highest BCUT2D eigenvalue weighted by Gasteiger charge is 2.38. The Hall–Kier alpha value is -2.18. The molecule has 27 heavy (non-hydrogen) atoms. The normalized spacial score (nSPS) is 28.6. The van der Waals surface area contributed by atoms with Crippen molar-refractivity contribution < 1.29 is 4.79 Å². The van der Waals surface area contributed by atoms with Gasteiger partial charge >= 0.3 is 0 Å². The second kappa shape index (κ2) is 6.77. The van der Waals surface area contributed by atoms with Gasteiger partial charge in [0.05, 0.1) is 5.56 Å². The Bertz CT molecular complexity index is 908. The molecule has 0 radical (unpaired) electrons. The van der Waals surface area contributed by atoms with Crippen LogP contribution in [0.3, 0.4) is 0 Å². The average Bonchev–Trinajstić information content (AvgIpc) is 2.75. The van der Waals surface area contributed by atoms with Gasteiger partial charge in [0.2, 0.25) is 0 Å². The van der Waals surface area contributed by atoms with Crippen LogP contribution >= 0.6 is 0 Å². The molecular weight excluding hydrogens is 340 g/mol. The Kier molecular flexibility index (Phi) is 4.25. The molecule has 1 unspecified atom stereocenters. The lowest BCUT2D eigenvalue weighted by Gasteiger charge is -2.51. The molecule has 0 saturated carbocycles. The monoisotopic (exact) mass is 366 g/mol. The van der Waals surface area contributed by atoms with Crippen molar-refractivity contribution in [1.82, 2.24) is 19.7 Å². The minimum atomic E-state index is -0.144. The first-order valence-corrected chi connectivity index (χ1v) is 10.1. The topological polar surface area (TPSA) is 59.7 Å². The summed E-state index contributed by atoms with van der Waals surface area (Å²) in [6.07, 6.45) is 4.23. The van der Waals surface area contributed by atoms with Crippen molar-refractivity contribution in [3.05, 3.63) is 46.4 Å². The number of aromatic amines is 1. The number of piperazine rings is 1. The zero-order valence-corrected chi connectivity index (χ0v) is 15.6. The highest BCUT2D eigenvalue weighted by Crippen LogP contribution is 2.31. The van der Waals surface area contributed by atoms with E-state index in [-0.39, 0.29) is 11.5 Å². The molecule has 6 nitrogen and oxygen atoms in total. The van der Waals surface area contributed by atoms with Gasteiger partial charge in [0.1, 0.15) is 0 Å². The molecular formula is C21H26N4O2. The zero-order valence-electron chi connectivity index (χ0n) is 15.6. The summed E-state index contributed by atoms with van der Waals surface area (Å²) in [5.74, 6) is 0.858. The van der Waals surface area contributed by atoms with Gasteiger partial charge in [-0.3, -0.25) is 14.5 Å². The van der Waals surface area contributed by atoms with Crippen LogP contribution in [0.2, 0.25) is 0 Å². The third kappa shape index (κ3) is 2.97. The molecule has 0 spiro atoms. The average molecular weight is 366 g/mol. The second-order valence-corrected chi connectivity index (χ2v) is 8.11. The molecule has 1 aromatic heterocycles. The summed E-state index contributed by atoms with van der Waals surface area (Å²) in [5.41, 5.74) is 0.454. The van der Waals surface area contributed by atoms with Crippen molar-refractivity contribution in [3.8, 4) is 0 Å². The van der Waals surface area contributed by atoms with Gasteiger partial charge in [-0.2, -0.15) is 0 Å². The number of carbonyl (C=O) groups is 1. The molecule has 5 heterocycles. The summed E-state index contributed by atoms with van der Waals surface area (Å²) in [7, 11) is 0. The fourth-order valence-electron chi connectivity index (χ4n) is 5.16. The van der Waals surface area contributed by atoms with Gasteiger partial charge in [-0.05, 0) is 37.9 Å². The van der Waals surface area contributed by atoms with E-state index in [1.54, 1.807) is 12.3 Å². The predicted octanol–water partition coefficient (Wildman–Crippen LogP) is 1.38. The number of pyridine rings is 1. The minimum Gasteiger partial charge on any atom is -0.336 e. The Morgan fingerprint density at radius 1 is 0.963 bits per heavy atom. The van der Waals surface area contributed by atoms with Crippen LogP contribution in [0.5, 0.6) is 0 Å². The van der Waals surface area contributed by atoms with E-state index in [9.17, 15) is 9.59 Å². The smallest absolute Gasteiger partial charge is 0.256 e. The van der Waals surface area contributed by atoms with Crippen molar-refractivity contribution >= 4 is 16.7 Å². The number of fused-ring (bicyclic) bond motifs is 4. The molecule has 4 fully saturated rings. The third-order valence-electron chi connectivity index (χ3n) is 6.73. The molecule has 1 amide bonds. The maximum atomic E-state index is 13.1. The third-order valence-corrected chi connectivity index (χ3v) is 6.73. The quantitative estimate of drug-likeness (QED) is 0.872. The van der Waals surface area contributed by atoms with E-state index in [2.05, 4.69) is 14.8 Å². The lowest BCUT2D eigenvalue weighted by Crippen LogP contribution is -2.61. The predicted molar refractivity (Wildman–Crippen MR) is 105 cm³/mol. The van der Waals surface area contributed by atoms with Crippen molar-refractivity contribution in [2.24, 2.45) is 5.92 Å². The number of hydrogen-bond acceptors (Lipinski definition) is 4. The Labute approximate surface area is 158 Å². The van der Waals surface area contributed by atoms with E-state index in [0.717, 1.165) is 37.5 Å². The van der Waals surface area contributed by atoms with Crippen LogP contribution < -0.4 is 5.56 Å². The molecule has 4 aliphatic rings. The first kappa shape index (κ1) is 17.0. The van der Waals surface area contributed by atoms with E-state index in [0.29, 0.717) is 17.0 Å². The molecule has 0 aliphatic carbocycles. The van der Waals surface area contributed by atoms with Crippen molar-refractivity contribution in [3.63, 3.8) is 0 Å². The first-order valence-electron chi connectivity index (χ1n) is 10.1. The summed E-state index contributed by atoms with van der Waals surface area (Å²) < 4.78 is 0. The highest BCUT2D eigenvalue weighted by molar-refractivity contribution is 6.06. The van der Waals surface area contributed by atoms with Crippen LogP contribution in [0.15, 0.2) is 35.3 Å². The van der Waals surface area contributed by atoms with Gasteiger partial charge < -0.3 is 14.8 Å². The van der Waals surface area contributed by atoms with Crippen LogP contribution in [0, 0.1) is 5.92 Å². The minimum absolute atomic E-state index is 0.0241. The van der Waals surface area contributed by atoms with E-state index in [4.69, 9.17) is 0 Å². The second-order valence-electron chi connectivity index (χ2n) is 8.11. The Balaban J connectivity index is 1.31. The number of nitrogens with zero attached hydrogens (tertiary/aromatic N) is 3. The number of H-pyrrole nitrogens is 1. The molecule has 1 aromatic carbocycles. The fourth-order valence-corrected chi connectivity index (χ4v) is 5.16. The summed E-state index contributed by atoms with van der Waals surface area (Å²) in [6.45, 7) is 7.13. The van der Waals surface area contributed by atoms with Crippen LogP contribution in [0.1, 0.15) is 23.2 Å². The summed E-state index contributed by atoms with van der Waals surface area (Å²) in [5, 5.41) is 1.32. The standard InChI is InChI=1S/C21H26N4O2/c26-20-17-4-2-1-3-16(17)18(13-22-20)21(27)25-11-9-24(10-12-25)19-14-23-7-5-15(19)6-8-23/h1-4,13,15,19H,5-12,14H2,(H,22,26). The van der Waals surface area contributed by atoms with Crippen LogP contribution in [-0.4, -0.2) is 77.4 Å². The van der Waals surface area contributed by atoms with Crippen molar-refractivity contribution in [2.45, 2.75) is 18.9 Å². The largest absolute Gasteiger partial charge is 0.336 e. The lowest BCUT2D eigenvalue weighted by atomic mass is 9.83. The SMILES string of the molecule is O=C(c1c[nH]c(=O)c2ccccc12)N1CCN(C2CN3CCC2CC3)CC1. The van der Waals surface area contributed by atoms with E-state index < -0.39 is 0 Å². The maximum absolute atomic E-state index is 13.1. The number of amides is 1. The zero-order chi connectivity index (χ0) is 18.4. The molecule has 1 N–H and O–H groups in total. The van der Waals surface area contributed by atoms with Crippen molar-refractivity contribution in [1.29, 1.82) is 0 Å². The molecule has 6 heteroatoms. The number of nitrogens with one attached hydrogen (secondary N) is 1. The van der Waals surface area contributed by atoms with Crippen LogP contribution in [0.25, 0.3) is 10.8 Å². The number of hydrogen-bond donors (Lipinski definition) is 1. The fraction of sp³-hybridized carbons (Fsp3) is 0.524. The lowest BCUT2D eigenvalue weighted by molar-refractivity contribution is -0.0130. The van der Waals surface area contributed by atoms with Gasteiger partial charge in [-0.25, -0.2) is 0 Å². The Morgan fingerprint density at radius 2 is 1.67 bits per heavy atom. The van der Waals surface area contributed by atoms with Gasteiger partial charge in [0.25, 0.3) is 11.5 Å². The van der Waals surface area contributed by atoms with E-state index >= 15 is 0 Å².